The Balaban J connectivity index is 0.00000450. The zero-order chi connectivity index (χ0) is 21.1. The Morgan fingerprint density at radius 2 is 1.73 bits per heavy atom. The van der Waals surface area contributed by atoms with Crippen LogP contribution in [0.25, 0.3) is 0 Å². The smallest absolute Gasteiger partial charge is 0.193 e. The molecule has 0 aromatic heterocycles. The Morgan fingerprint density at radius 3 is 2.37 bits per heavy atom. The Labute approximate surface area is 197 Å². The number of ether oxygens (including phenoxy) is 3. The second-order valence-electron chi connectivity index (χ2n) is 6.67. The van der Waals surface area contributed by atoms with Crippen LogP contribution in [0.15, 0.2) is 47.5 Å². The first-order valence-corrected chi connectivity index (χ1v) is 9.90. The molecule has 2 aromatic carbocycles. The number of likely N-dealkylation sites (N-methyl/N-ethyl adjacent to an activating group) is 1. The number of rotatable bonds is 10. The number of nitrogens with one attached hydrogen (secondary N) is 1. The van der Waals surface area contributed by atoms with Gasteiger partial charge in [-0.3, -0.25) is 4.99 Å². The normalized spacial score (nSPS) is 10.9. The van der Waals surface area contributed by atoms with Gasteiger partial charge in [0.25, 0.3) is 0 Å². The molecule has 0 aliphatic heterocycles. The maximum absolute atomic E-state index is 5.58. The largest absolute Gasteiger partial charge is 0.493 e. The molecule has 2 rings (SSSR count). The predicted molar refractivity (Wildman–Crippen MR) is 133 cm³/mol. The van der Waals surface area contributed by atoms with Crippen molar-refractivity contribution in [1.82, 2.24) is 10.2 Å². The van der Waals surface area contributed by atoms with Crippen molar-refractivity contribution in [1.29, 1.82) is 0 Å². The van der Waals surface area contributed by atoms with Crippen LogP contribution in [0.3, 0.4) is 0 Å². The quantitative estimate of drug-likeness (QED) is 0.287. The van der Waals surface area contributed by atoms with Crippen molar-refractivity contribution >= 4 is 29.9 Å². The van der Waals surface area contributed by atoms with Gasteiger partial charge in [0.2, 0.25) is 0 Å². The highest BCUT2D eigenvalue weighted by Crippen LogP contribution is 2.27. The van der Waals surface area contributed by atoms with Gasteiger partial charge in [0.05, 0.1) is 20.8 Å². The fourth-order valence-corrected chi connectivity index (χ4v) is 3.08. The van der Waals surface area contributed by atoms with Gasteiger partial charge in [-0.05, 0) is 42.2 Å². The predicted octanol–water partition coefficient (Wildman–Crippen LogP) is 4.11. The number of halogens is 1. The lowest BCUT2D eigenvalue weighted by Crippen LogP contribution is -2.39. The highest BCUT2D eigenvalue weighted by molar-refractivity contribution is 14.0. The topological polar surface area (TPSA) is 55.3 Å². The van der Waals surface area contributed by atoms with Crippen molar-refractivity contribution in [2.45, 2.75) is 26.5 Å². The first-order valence-electron chi connectivity index (χ1n) is 9.90. The molecule has 7 heteroatoms. The van der Waals surface area contributed by atoms with Crippen molar-refractivity contribution < 1.29 is 14.2 Å². The number of guanidine groups is 1. The van der Waals surface area contributed by atoms with Crippen molar-refractivity contribution in [3.63, 3.8) is 0 Å². The van der Waals surface area contributed by atoms with Crippen LogP contribution in [0.4, 0.5) is 0 Å². The molecular weight excluding hydrogens is 493 g/mol. The third-order valence-corrected chi connectivity index (χ3v) is 4.77. The van der Waals surface area contributed by atoms with Gasteiger partial charge in [0.1, 0.15) is 0 Å². The third-order valence-electron chi connectivity index (χ3n) is 4.77. The van der Waals surface area contributed by atoms with Gasteiger partial charge < -0.3 is 24.4 Å². The lowest BCUT2D eigenvalue weighted by Gasteiger charge is -2.23. The Morgan fingerprint density at radius 1 is 1.03 bits per heavy atom. The van der Waals surface area contributed by atoms with E-state index in [0.29, 0.717) is 19.8 Å². The van der Waals surface area contributed by atoms with Crippen LogP contribution >= 0.6 is 24.0 Å². The number of hydrogen-bond donors (Lipinski definition) is 1. The van der Waals surface area contributed by atoms with E-state index < -0.39 is 0 Å². The molecule has 0 aliphatic carbocycles. The SMILES string of the molecule is CCOCc1ccccc1CNC(=NC)N(C)CCc1ccc(OC)c(OC)c1.I. The van der Waals surface area contributed by atoms with Crippen molar-refractivity contribution in [2.75, 3.05) is 41.5 Å². The molecule has 0 saturated heterocycles. The Kier molecular flexibility index (Phi) is 12.2. The number of methoxy groups -OCH3 is 2. The molecule has 0 unspecified atom stereocenters. The summed E-state index contributed by atoms with van der Waals surface area (Å²) in [5.41, 5.74) is 3.60. The standard InChI is InChI=1S/C23H33N3O3.HI/c1-6-29-17-20-10-8-7-9-19(20)16-25-23(24-2)26(3)14-13-18-11-12-21(27-4)22(15-18)28-5;/h7-12,15H,6,13-14,16-17H2,1-5H3,(H,24,25);1H. The van der Waals surface area contributed by atoms with E-state index in [9.17, 15) is 0 Å². The molecule has 2 aromatic rings. The minimum atomic E-state index is 0. The van der Waals surface area contributed by atoms with Crippen molar-refractivity contribution in [2.24, 2.45) is 4.99 Å². The fourth-order valence-electron chi connectivity index (χ4n) is 3.08. The van der Waals surface area contributed by atoms with Gasteiger partial charge in [0, 0.05) is 33.8 Å². The molecule has 0 atom stereocenters. The third kappa shape index (κ3) is 7.68. The van der Waals surface area contributed by atoms with Gasteiger partial charge in [-0.2, -0.15) is 0 Å². The van der Waals surface area contributed by atoms with Gasteiger partial charge in [-0.15, -0.1) is 24.0 Å². The van der Waals surface area contributed by atoms with Gasteiger partial charge in [-0.1, -0.05) is 30.3 Å². The van der Waals surface area contributed by atoms with E-state index in [1.807, 2.05) is 32.2 Å². The lowest BCUT2D eigenvalue weighted by molar-refractivity contribution is 0.133. The molecule has 166 valence electrons. The maximum Gasteiger partial charge on any atom is 0.193 e. The lowest BCUT2D eigenvalue weighted by atomic mass is 10.1. The second-order valence-corrected chi connectivity index (χ2v) is 6.67. The Hall–Kier alpha value is -2.00. The summed E-state index contributed by atoms with van der Waals surface area (Å²) in [6, 6.07) is 14.4. The van der Waals surface area contributed by atoms with E-state index >= 15 is 0 Å². The molecule has 0 radical (unpaired) electrons. The minimum Gasteiger partial charge on any atom is -0.493 e. The minimum absolute atomic E-state index is 0. The summed E-state index contributed by atoms with van der Waals surface area (Å²) >= 11 is 0. The summed E-state index contributed by atoms with van der Waals surface area (Å²) in [5.74, 6) is 2.35. The molecule has 1 N–H and O–H groups in total. The zero-order valence-electron chi connectivity index (χ0n) is 18.6. The van der Waals surface area contributed by atoms with Crippen LogP contribution < -0.4 is 14.8 Å². The average molecular weight is 527 g/mol. The Bertz CT molecular complexity index is 799. The molecule has 0 heterocycles. The summed E-state index contributed by atoms with van der Waals surface area (Å²) in [4.78, 5) is 6.55. The molecule has 0 fully saturated rings. The van der Waals surface area contributed by atoms with E-state index in [1.165, 1.54) is 16.7 Å². The number of nitrogens with zero attached hydrogens (tertiary/aromatic N) is 2. The summed E-state index contributed by atoms with van der Waals surface area (Å²) < 4.78 is 16.3. The van der Waals surface area contributed by atoms with Crippen LogP contribution in [0.1, 0.15) is 23.6 Å². The second kappa shape index (κ2) is 14.1. The van der Waals surface area contributed by atoms with Crippen LogP contribution in [0, 0.1) is 0 Å². The molecule has 0 amide bonds. The van der Waals surface area contributed by atoms with E-state index in [-0.39, 0.29) is 24.0 Å². The first-order chi connectivity index (χ1) is 14.1. The number of hydrogen-bond acceptors (Lipinski definition) is 4. The van der Waals surface area contributed by atoms with Gasteiger partial charge in [-0.25, -0.2) is 0 Å². The van der Waals surface area contributed by atoms with Crippen LogP contribution in [0.5, 0.6) is 11.5 Å². The van der Waals surface area contributed by atoms with Crippen molar-refractivity contribution in [3.8, 4) is 11.5 Å². The molecular formula is C23H34IN3O3. The average Bonchev–Trinajstić information content (AvgIpc) is 2.76. The summed E-state index contributed by atoms with van der Waals surface area (Å²) in [5, 5.41) is 3.46. The van der Waals surface area contributed by atoms with Gasteiger partial charge >= 0.3 is 0 Å². The summed E-state index contributed by atoms with van der Waals surface area (Å²) in [6.45, 7) is 4.88. The molecule has 6 nitrogen and oxygen atoms in total. The first kappa shape index (κ1) is 26.0. The van der Waals surface area contributed by atoms with E-state index in [1.54, 1.807) is 21.3 Å². The van der Waals surface area contributed by atoms with E-state index in [0.717, 1.165) is 30.4 Å². The highest BCUT2D eigenvalue weighted by Gasteiger charge is 2.09. The molecule has 0 saturated carbocycles. The fraction of sp³-hybridized carbons (Fsp3) is 0.435. The van der Waals surface area contributed by atoms with Crippen LogP contribution in [-0.2, 0) is 24.3 Å². The molecule has 0 aliphatic rings. The summed E-state index contributed by atoms with van der Waals surface area (Å²) in [7, 11) is 7.15. The van der Waals surface area contributed by atoms with E-state index in [2.05, 4.69) is 39.5 Å². The maximum atomic E-state index is 5.58. The number of aliphatic imine (C=N–C) groups is 1. The summed E-state index contributed by atoms with van der Waals surface area (Å²) in [6.07, 6.45) is 0.873. The highest BCUT2D eigenvalue weighted by atomic mass is 127. The molecule has 0 bridgehead atoms. The number of benzene rings is 2. The van der Waals surface area contributed by atoms with Crippen molar-refractivity contribution in [3.05, 3.63) is 59.2 Å². The monoisotopic (exact) mass is 527 g/mol. The van der Waals surface area contributed by atoms with E-state index in [4.69, 9.17) is 14.2 Å². The molecule has 30 heavy (non-hydrogen) atoms. The van der Waals surface area contributed by atoms with Crippen LogP contribution in [0.2, 0.25) is 0 Å². The van der Waals surface area contributed by atoms with Gasteiger partial charge in [0.15, 0.2) is 17.5 Å². The molecule has 0 spiro atoms. The van der Waals surface area contributed by atoms with Crippen LogP contribution in [-0.4, -0.2) is 52.3 Å². The zero-order valence-corrected chi connectivity index (χ0v) is 20.9.